The topological polar surface area (TPSA) is 86.5 Å². The molecular formula is C22H33N3O4. The van der Waals surface area contributed by atoms with Crippen LogP contribution in [0.4, 0.5) is 0 Å². The number of aromatic nitrogens is 2. The average molecular weight is 404 g/mol. The molecule has 0 bridgehead atoms. The summed E-state index contributed by atoms with van der Waals surface area (Å²) in [5.74, 6) is 2.79. The van der Waals surface area contributed by atoms with E-state index >= 15 is 0 Å². The number of rotatable bonds is 11. The van der Waals surface area contributed by atoms with Gasteiger partial charge in [-0.2, -0.15) is 4.98 Å². The van der Waals surface area contributed by atoms with Gasteiger partial charge >= 0.3 is 0 Å². The Morgan fingerprint density at radius 3 is 2.48 bits per heavy atom. The summed E-state index contributed by atoms with van der Waals surface area (Å²) in [6, 6.07) is 5.90. The van der Waals surface area contributed by atoms with Crippen molar-refractivity contribution >= 4 is 5.91 Å². The number of carbonyl (C=O) groups excluding carboxylic acids is 1. The SMILES string of the molecule is CCOc1ccc(CCNC(=O)CCCc2nc(C(C)(C)C)no2)cc1OCC. The predicted molar refractivity (Wildman–Crippen MR) is 111 cm³/mol. The molecule has 1 amide bonds. The monoisotopic (exact) mass is 403 g/mol. The van der Waals surface area contributed by atoms with Crippen LogP contribution in [0.15, 0.2) is 22.7 Å². The van der Waals surface area contributed by atoms with E-state index in [0.29, 0.717) is 50.7 Å². The van der Waals surface area contributed by atoms with Crippen LogP contribution in [0.2, 0.25) is 0 Å². The lowest BCUT2D eigenvalue weighted by Gasteiger charge is -2.12. The number of ether oxygens (including phenoxy) is 2. The third kappa shape index (κ3) is 7.40. The summed E-state index contributed by atoms with van der Waals surface area (Å²) in [7, 11) is 0. The summed E-state index contributed by atoms with van der Waals surface area (Å²) in [5, 5.41) is 6.96. The zero-order valence-electron chi connectivity index (χ0n) is 18.2. The summed E-state index contributed by atoms with van der Waals surface area (Å²) >= 11 is 0. The highest BCUT2D eigenvalue weighted by molar-refractivity contribution is 5.75. The summed E-state index contributed by atoms with van der Waals surface area (Å²) in [6.45, 7) is 11.8. The second-order valence-corrected chi connectivity index (χ2v) is 7.86. The largest absolute Gasteiger partial charge is 0.490 e. The van der Waals surface area contributed by atoms with Crippen LogP contribution in [0.5, 0.6) is 11.5 Å². The van der Waals surface area contributed by atoms with Crippen molar-refractivity contribution in [2.75, 3.05) is 19.8 Å². The van der Waals surface area contributed by atoms with E-state index in [1.807, 2.05) is 52.8 Å². The van der Waals surface area contributed by atoms with Crippen LogP contribution < -0.4 is 14.8 Å². The molecule has 1 heterocycles. The zero-order valence-corrected chi connectivity index (χ0v) is 18.2. The Labute approximate surface area is 173 Å². The second kappa shape index (κ2) is 10.8. The van der Waals surface area contributed by atoms with Gasteiger partial charge in [-0.1, -0.05) is 32.0 Å². The third-order valence-electron chi connectivity index (χ3n) is 4.28. The molecule has 0 spiro atoms. The van der Waals surface area contributed by atoms with E-state index in [1.165, 1.54) is 0 Å². The van der Waals surface area contributed by atoms with E-state index in [1.54, 1.807) is 0 Å². The fourth-order valence-electron chi connectivity index (χ4n) is 2.75. The Balaban J connectivity index is 1.73. The molecule has 1 N–H and O–H groups in total. The number of hydrogen-bond acceptors (Lipinski definition) is 6. The number of benzene rings is 1. The van der Waals surface area contributed by atoms with Crippen molar-refractivity contribution in [3.05, 3.63) is 35.5 Å². The summed E-state index contributed by atoms with van der Waals surface area (Å²) in [4.78, 5) is 16.5. The Kier molecular flexibility index (Phi) is 8.49. The van der Waals surface area contributed by atoms with Crippen molar-refractivity contribution in [1.29, 1.82) is 0 Å². The molecule has 2 aromatic rings. The van der Waals surface area contributed by atoms with E-state index in [9.17, 15) is 4.79 Å². The molecule has 160 valence electrons. The molecule has 2 rings (SSSR count). The first-order valence-corrected chi connectivity index (χ1v) is 10.3. The molecule has 29 heavy (non-hydrogen) atoms. The highest BCUT2D eigenvalue weighted by atomic mass is 16.5. The molecule has 0 saturated heterocycles. The molecule has 0 saturated carbocycles. The zero-order chi connectivity index (χ0) is 21.3. The number of nitrogens with zero attached hydrogens (tertiary/aromatic N) is 2. The van der Waals surface area contributed by atoms with Crippen molar-refractivity contribution in [2.45, 2.75) is 65.7 Å². The van der Waals surface area contributed by atoms with Gasteiger partial charge in [0.2, 0.25) is 11.8 Å². The average Bonchev–Trinajstić information content (AvgIpc) is 3.13. The number of hydrogen-bond donors (Lipinski definition) is 1. The van der Waals surface area contributed by atoms with Crippen LogP contribution >= 0.6 is 0 Å². The highest BCUT2D eigenvalue weighted by Crippen LogP contribution is 2.28. The molecule has 0 radical (unpaired) electrons. The first-order chi connectivity index (χ1) is 13.8. The Hall–Kier alpha value is -2.57. The minimum Gasteiger partial charge on any atom is -0.490 e. The van der Waals surface area contributed by atoms with Gasteiger partial charge in [-0.05, 0) is 44.4 Å². The van der Waals surface area contributed by atoms with Gasteiger partial charge in [-0.25, -0.2) is 0 Å². The fraction of sp³-hybridized carbons (Fsp3) is 0.591. The molecule has 0 aliphatic carbocycles. The number of nitrogens with one attached hydrogen (secondary N) is 1. The predicted octanol–water partition coefficient (Wildman–Crippen LogP) is 3.85. The first-order valence-electron chi connectivity index (χ1n) is 10.3. The van der Waals surface area contributed by atoms with E-state index < -0.39 is 0 Å². The van der Waals surface area contributed by atoms with Gasteiger partial charge < -0.3 is 19.3 Å². The molecule has 7 nitrogen and oxygen atoms in total. The van der Waals surface area contributed by atoms with Gasteiger partial charge in [0.15, 0.2) is 17.3 Å². The standard InChI is InChI=1S/C22H33N3O4/c1-6-27-17-12-11-16(15-18(17)28-7-2)13-14-23-19(26)9-8-10-20-24-21(25-29-20)22(3,4)5/h11-12,15H,6-10,13-14H2,1-5H3,(H,23,26). The van der Waals surface area contributed by atoms with Crippen LogP contribution in [-0.4, -0.2) is 35.8 Å². The molecular weight excluding hydrogens is 370 g/mol. The maximum Gasteiger partial charge on any atom is 0.226 e. The van der Waals surface area contributed by atoms with Crippen LogP contribution in [0.3, 0.4) is 0 Å². The normalized spacial score (nSPS) is 11.3. The van der Waals surface area contributed by atoms with Crippen LogP contribution in [0.1, 0.15) is 64.7 Å². The van der Waals surface area contributed by atoms with Crippen molar-refractivity contribution < 1.29 is 18.8 Å². The Morgan fingerprint density at radius 2 is 1.83 bits per heavy atom. The van der Waals surface area contributed by atoms with Gasteiger partial charge in [0, 0.05) is 24.8 Å². The maximum absolute atomic E-state index is 12.1. The third-order valence-corrected chi connectivity index (χ3v) is 4.28. The van der Waals surface area contributed by atoms with E-state index in [4.69, 9.17) is 14.0 Å². The molecule has 7 heteroatoms. The van der Waals surface area contributed by atoms with Gasteiger partial charge in [0.05, 0.1) is 13.2 Å². The van der Waals surface area contributed by atoms with E-state index in [-0.39, 0.29) is 11.3 Å². The molecule has 0 unspecified atom stereocenters. The Bertz CT molecular complexity index is 781. The van der Waals surface area contributed by atoms with Gasteiger partial charge in [-0.3, -0.25) is 4.79 Å². The number of amides is 1. The minimum atomic E-state index is -0.137. The Morgan fingerprint density at radius 1 is 1.10 bits per heavy atom. The number of aryl methyl sites for hydroxylation is 1. The van der Waals surface area contributed by atoms with Gasteiger partial charge in [0.1, 0.15) is 0 Å². The maximum atomic E-state index is 12.1. The molecule has 0 atom stereocenters. The summed E-state index contributed by atoms with van der Waals surface area (Å²) < 4.78 is 16.5. The molecule has 0 fully saturated rings. The number of carbonyl (C=O) groups is 1. The van der Waals surface area contributed by atoms with Crippen LogP contribution in [0.25, 0.3) is 0 Å². The summed E-state index contributed by atoms with van der Waals surface area (Å²) in [5.41, 5.74) is 0.958. The molecule has 1 aromatic carbocycles. The van der Waals surface area contributed by atoms with Crippen LogP contribution in [0, 0.1) is 0 Å². The van der Waals surface area contributed by atoms with Gasteiger partial charge in [0.25, 0.3) is 0 Å². The first kappa shape index (κ1) is 22.7. The lowest BCUT2D eigenvalue weighted by molar-refractivity contribution is -0.121. The molecule has 0 aliphatic heterocycles. The smallest absolute Gasteiger partial charge is 0.226 e. The summed E-state index contributed by atoms with van der Waals surface area (Å²) in [6.07, 6.45) is 2.44. The fourth-order valence-corrected chi connectivity index (χ4v) is 2.75. The molecule has 1 aromatic heterocycles. The van der Waals surface area contributed by atoms with Crippen molar-refractivity contribution in [3.63, 3.8) is 0 Å². The molecule has 0 aliphatic rings. The van der Waals surface area contributed by atoms with Crippen molar-refractivity contribution in [2.24, 2.45) is 0 Å². The van der Waals surface area contributed by atoms with E-state index in [2.05, 4.69) is 15.5 Å². The quantitative estimate of drug-likeness (QED) is 0.613. The second-order valence-electron chi connectivity index (χ2n) is 7.86. The lowest BCUT2D eigenvalue weighted by atomic mass is 9.96. The lowest BCUT2D eigenvalue weighted by Crippen LogP contribution is -2.25. The highest BCUT2D eigenvalue weighted by Gasteiger charge is 2.20. The van der Waals surface area contributed by atoms with E-state index in [0.717, 1.165) is 23.5 Å². The van der Waals surface area contributed by atoms with Crippen molar-refractivity contribution in [1.82, 2.24) is 15.5 Å². The van der Waals surface area contributed by atoms with Crippen molar-refractivity contribution in [3.8, 4) is 11.5 Å². The van der Waals surface area contributed by atoms with Gasteiger partial charge in [-0.15, -0.1) is 0 Å². The minimum absolute atomic E-state index is 0.0246. The van der Waals surface area contributed by atoms with Crippen LogP contribution in [-0.2, 0) is 23.1 Å².